The van der Waals surface area contributed by atoms with Gasteiger partial charge in [-0.25, -0.2) is 4.79 Å². The van der Waals surface area contributed by atoms with E-state index in [0.717, 1.165) is 0 Å². The quantitative estimate of drug-likeness (QED) is 0.224. The van der Waals surface area contributed by atoms with Crippen molar-refractivity contribution in [1.82, 2.24) is 31.1 Å². The number of piperidine rings is 1. The molecule has 1 aliphatic carbocycles. The molecule has 6 atom stereocenters. The van der Waals surface area contributed by atoms with Crippen molar-refractivity contribution in [1.29, 1.82) is 0 Å². The zero-order valence-corrected chi connectivity index (χ0v) is 32.7. The lowest BCUT2D eigenvalue weighted by Gasteiger charge is -2.38. The highest BCUT2D eigenvalue weighted by Crippen LogP contribution is 2.65. The van der Waals surface area contributed by atoms with Crippen LogP contribution in [0.1, 0.15) is 87.3 Å². The third-order valence-corrected chi connectivity index (χ3v) is 9.63. The monoisotopic (exact) mass is 726 g/mol. The fraction of sp³-hybridized carbons (Fsp3) is 0.658. The molecule has 1 aromatic rings. The molecule has 288 valence electrons. The molecule has 2 fully saturated rings. The van der Waals surface area contributed by atoms with Crippen molar-refractivity contribution in [2.45, 2.75) is 105 Å². The number of hydrogen-bond acceptors (Lipinski definition) is 8. The number of amides is 6. The van der Waals surface area contributed by atoms with E-state index in [1.165, 1.54) is 9.80 Å². The van der Waals surface area contributed by atoms with Crippen LogP contribution in [-0.2, 0) is 33.5 Å². The largest absolute Gasteiger partial charge is 0.444 e. The third-order valence-electron chi connectivity index (χ3n) is 9.63. The van der Waals surface area contributed by atoms with Gasteiger partial charge in [0.1, 0.15) is 23.7 Å². The van der Waals surface area contributed by atoms with Gasteiger partial charge in [-0.1, -0.05) is 78.8 Å². The van der Waals surface area contributed by atoms with Gasteiger partial charge in [-0.3, -0.25) is 28.8 Å². The molecule has 1 aromatic carbocycles. The van der Waals surface area contributed by atoms with Crippen molar-refractivity contribution >= 4 is 41.4 Å². The number of carbonyl (C=O) groups excluding carboxylic acids is 7. The highest BCUT2D eigenvalue weighted by molar-refractivity contribution is 6.38. The van der Waals surface area contributed by atoms with E-state index >= 15 is 0 Å². The number of likely N-dealkylation sites (tertiary alicyclic amines) is 1. The highest BCUT2D eigenvalue weighted by atomic mass is 16.6. The molecule has 1 saturated heterocycles. The Morgan fingerprint density at radius 2 is 1.52 bits per heavy atom. The Kier molecular flexibility index (Phi) is 12.9. The van der Waals surface area contributed by atoms with Gasteiger partial charge in [0.15, 0.2) is 0 Å². The number of ketones is 1. The number of fused-ring (bicyclic) bond motifs is 1. The maximum absolute atomic E-state index is 14.2. The predicted molar refractivity (Wildman–Crippen MR) is 194 cm³/mol. The second-order valence-electron chi connectivity index (χ2n) is 17.2. The Bertz CT molecular complexity index is 1530. The van der Waals surface area contributed by atoms with Gasteiger partial charge in [0.2, 0.25) is 29.4 Å². The molecule has 1 saturated carbocycles. The van der Waals surface area contributed by atoms with Crippen LogP contribution in [0.2, 0.25) is 0 Å². The van der Waals surface area contributed by atoms with Gasteiger partial charge in [-0.2, -0.15) is 0 Å². The Hall–Kier alpha value is -4.49. The number of nitrogens with zero attached hydrogens (tertiary/aromatic N) is 2. The number of ether oxygens (including phenoxy) is 1. The Morgan fingerprint density at radius 3 is 2.04 bits per heavy atom. The summed E-state index contributed by atoms with van der Waals surface area (Å²) in [5.41, 5.74) is -1.23. The topological polar surface area (TPSA) is 183 Å². The van der Waals surface area contributed by atoms with Crippen LogP contribution in [0.3, 0.4) is 0 Å². The summed E-state index contributed by atoms with van der Waals surface area (Å²) in [6.45, 7) is 18.0. The van der Waals surface area contributed by atoms with E-state index in [2.05, 4.69) is 21.3 Å². The van der Waals surface area contributed by atoms with Crippen molar-refractivity contribution in [2.24, 2.45) is 28.6 Å². The van der Waals surface area contributed by atoms with Crippen molar-refractivity contribution in [3.63, 3.8) is 0 Å². The molecule has 1 aliphatic heterocycles. The lowest BCUT2D eigenvalue weighted by Crippen LogP contribution is -2.61. The standard InChI is InChI=1S/C38H58N6O8/c1-21(2)18-24(29(46)32(48)39-19-25(45)41-27(33(49)43(11)12)22-16-14-13-15-17-22)40-31(47)28-26-23(38(26,9)10)20-44(28)34(50)30(36(3,4)5)42-35(51)52-37(6,7)8/h13-17,21,23-24,26-28,30H,18-20H2,1-12H3,(H,39,48)(H,40,47)(H,41,45)(H,42,51)/t23-,24?,26-,27-,28-,30+/m0/s1. The van der Waals surface area contributed by atoms with Crippen LogP contribution >= 0.6 is 0 Å². The molecule has 1 heterocycles. The van der Waals surface area contributed by atoms with Crippen LogP contribution in [0.5, 0.6) is 0 Å². The predicted octanol–water partition coefficient (Wildman–Crippen LogP) is 2.57. The number of likely N-dealkylation sites (N-methyl/N-ethyl adjacent to an activating group) is 1. The van der Waals surface area contributed by atoms with Gasteiger partial charge < -0.3 is 35.8 Å². The van der Waals surface area contributed by atoms with Gasteiger partial charge in [0.25, 0.3) is 5.91 Å². The molecule has 52 heavy (non-hydrogen) atoms. The Labute approximate surface area is 307 Å². The fourth-order valence-corrected chi connectivity index (χ4v) is 6.82. The summed E-state index contributed by atoms with van der Waals surface area (Å²) in [5.74, 6) is -4.39. The first-order chi connectivity index (χ1) is 23.9. The van der Waals surface area contributed by atoms with Crippen molar-refractivity contribution in [3.8, 4) is 0 Å². The smallest absolute Gasteiger partial charge is 0.408 e. The van der Waals surface area contributed by atoms with Gasteiger partial charge in [0.05, 0.1) is 12.6 Å². The first-order valence-electron chi connectivity index (χ1n) is 17.8. The van der Waals surface area contributed by atoms with Crippen LogP contribution in [0, 0.1) is 28.6 Å². The van der Waals surface area contributed by atoms with Gasteiger partial charge in [-0.15, -0.1) is 0 Å². The molecule has 14 nitrogen and oxygen atoms in total. The van der Waals surface area contributed by atoms with Crippen molar-refractivity contribution < 1.29 is 38.3 Å². The summed E-state index contributed by atoms with van der Waals surface area (Å²) in [5, 5.41) is 10.4. The van der Waals surface area contributed by atoms with Crippen LogP contribution < -0.4 is 21.3 Å². The minimum Gasteiger partial charge on any atom is -0.444 e. The molecule has 0 radical (unpaired) electrons. The van der Waals surface area contributed by atoms with Gasteiger partial charge >= 0.3 is 6.09 Å². The molecule has 3 rings (SSSR count). The molecule has 0 spiro atoms. The molecule has 1 unspecified atom stereocenters. The first-order valence-corrected chi connectivity index (χ1v) is 17.8. The zero-order valence-electron chi connectivity index (χ0n) is 32.7. The third kappa shape index (κ3) is 10.3. The maximum atomic E-state index is 14.2. The summed E-state index contributed by atoms with van der Waals surface area (Å²) < 4.78 is 5.43. The van der Waals surface area contributed by atoms with E-state index in [1.54, 1.807) is 86.0 Å². The minimum atomic E-state index is -1.24. The number of nitrogens with one attached hydrogen (secondary N) is 4. The zero-order chi connectivity index (χ0) is 39.5. The molecule has 0 bridgehead atoms. The van der Waals surface area contributed by atoms with E-state index in [9.17, 15) is 33.6 Å². The maximum Gasteiger partial charge on any atom is 0.408 e. The molecule has 14 heteroatoms. The SMILES string of the molecule is CC(C)CC(NC(=O)[C@@H]1[C@@H]2[C@H](CN1C(=O)[C@@H](NC(=O)OC(C)(C)C)C(C)(C)C)C2(C)C)C(=O)C(=O)NCC(=O)N[C@H](C(=O)N(C)C)c1ccccc1. The number of hydrogen-bond donors (Lipinski definition) is 4. The second-order valence-corrected chi connectivity index (χ2v) is 17.2. The van der Waals surface area contributed by atoms with Crippen LogP contribution in [0.4, 0.5) is 4.79 Å². The molecular formula is C38H58N6O8. The number of Topliss-reactive ketones (excluding diaryl/α,β-unsaturated/α-hetero) is 1. The molecule has 6 amide bonds. The van der Waals surface area contributed by atoms with E-state index in [1.807, 2.05) is 27.7 Å². The lowest BCUT2D eigenvalue weighted by atomic mass is 9.85. The summed E-state index contributed by atoms with van der Waals surface area (Å²) in [6, 6.07) is 4.42. The average Bonchev–Trinajstić information content (AvgIpc) is 3.33. The van der Waals surface area contributed by atoms with Crippen molar-refractivity contribution in [2.75, 3.05) is 27.2 Å². The Balaban J connectivity index is 1.76. The van der Waals surface area contributed by atoms with E-state index < -0.39 is 77.2 Å². The Morgan fingerprint density at radius 1 is 0.923 bits per heavy atom. The molecular weight excluding hydrogens is 668 g/mol. The summed E-state index contributed by atoms with van der Waals surface area (Å²) in [6.07, 6.45) is -0.630. The van der Waals surface area contributed by atoms with Crippen LogP contribution in [-0.4, -0.2) is 102 Å². The van der Waals surface area contributed by atoms with Crippen LogP contribution in [0.15, 0.2) is 30.3 Å². The van der Waals surface area contributed by atoms with Gasteiger partial charge in [-0.05, 0) is 61.3 Å². The number of carbonyl (C=O) groups is 7. The second kappa shape index (κ2) is 16.0. The van der Waals surface area contributed by atoms with E-state index in [-0.39, 0.29) is 42.0 Å². The number of benzene rings is 1. The summed E-state index contributed by atoms with van der Waals surface area (Å²) in [4.78, 5) is 96.3. The molecule has 2 aliphatic rings. The normalized spacial score (nSPS) is 20.8. The fourth-order valence-electron chi connectivity index (χ4n) is 6.82. The first kappa shape index (κ1) is 41.9. The summed E-state index contributed by atoms with van der Waals surface area (Å²) in [7, 11) is 3.12. The van der Waals surface area contributed by atoms with E-state index in [4.69, 9.17) is 4.74 Å². The van der Waals surface area contributed by atoms with Gasteiger partial charge in [0, 0.05) is 20.6 Å². The highest BCUT2D eigenvalue weighted by Gasteiger charge is 2.70. The lowest BCUT2D eigenvalue weighted by molar-refractivity contribution is -0.145. The number of alkyl carbamates (subject to hydrolysis) is 1. The number of rotatable bonds is 13. The minimum absolute atomic E-state index is 0.0227. The van der Waals surface area contributed by atoms with Crippen molar-refractivity contribution in [3.05, 3.63) is 35.9 Å². The van der Waals surface area contributed by atoms with Crippen LogP contribution in [0.25, 0.3) is 0 Å². The average molecular weight is 727 g/mol. The summed E-state index contributed by atoms with van der Waals surface area (Å²) >= 11 is 0. The molecule has 0 aromatic heterocycles. The van der Waals surface area contributed by atoms with E-state index in [0.29, 0.717) is 5.56 Å². The molecule has 4 N–H and O–H groups in total.